The number of thioether (sulfide) groups is 1. The van der Waals surface area contributed by atoms with Gasteiger partial charge in [-0.2, -0.15) is 0 Å². The lowest BCUT2D eigenvalue weighted by molar-refractivity contribution is -0.109. The smallest absolute Gasteiger partial charge is 0.186 e. The monoisotopic (exact) mass is 416 g/mol. The van der Waals surface area contributed by atoms with Gasteiger partial charge in [0.15, 0.2) is 22.1 Å². The molecule has 3 aromatic heterocycles. The molecule has 1 aliphatic rings. The zero-order valence-electron chi connectivity index (χ0n) is 17.2. The van der Waals surface area contributed by atoms with Gasteiger partial charge in [-0.05, 0) is 13.3 Å². The van der Waals surface area contributed by atoms with Crippen LogP contribution in [0.15, 0.2) is 4.63 Å². The molecule has 0 amide bonds. The Hall–Kier alpha value is -2.56. The molecule has 1 fully saturated rings. The summed E-state index contributed by atoms with van der Waals surface area (Å²) in [5.74, 6) is 1.49. The van der Waals surface area contributed by atoms with Gasteiger partial charge in [-0.25, -0.2) is 19.3 Å². The summed E-state index contributed by atoms with van der Waals surface area (Å²) in [5.41, 5.74) is 2.47. The predicted octanol–water partition coefficient (Wildman–Crippen LogP) is 2.12. The van der Waals surface area contributed by atoms with Gasteiger partial charge in [0, 0.05) is 30.7 Å². The van der Waals surface area contributed by atoms with Crippen LogP contribution in [-0.2, 0) is 16.8 Å². The summed E-state index contributed by atoms with van der Waals surface area (Å²) in [6.45, 7) is 11.6. The number of fused-ring (bicyclic) bond motifs is 1. The van der Waals surface area contributed by atoms with Crippen molar-refractivity contribution >= 4 is 33.9 Å². The molecule has 10 nitrogen and oxygen atoms in total. The van der Waals surface area contributed by atoms with Crippen LogP contribution in [-0.4, -0.2) is 58.7 Å². The minimum absolute atomic E-state index is 0.141. The maximum atomic E-state index is 11.5. The van der Waals surface area contributed by atoms with Crippen molar-refractivity contribution in [1.82, 2.24) is 35.3 Å². The molecule has 4 rings (SSSR count). The molecule has 154 valence electrons. The van der Waals surface area contributed by atoms with Crippen LogP contribution in [0.1, 0.15) is 51.3 Å². The van der Waals surface area contributed by atoms with E-state index in [4.69, 9.17) is 14.6 Å². The second-order valence-corrected chi connectivity index (χ2v) is 9.78. The maximum Gasteiger partial charge on any atom is 0.186 e. The summed E-state index contributed by atoms with van der Waals surface area (Å²) in [4.78, 5) is 23.3. The van der Waals surface area contributed by atoms with Crippen molar-refractivity contribution in [3.05, 3.63) is 17.2 Å². The standard InChI is InChI=1S/C18H24N8O2S/c1-10-13(23-28-22-10)9-26-16-14(21-24-26)15(19-17(20-16)18(3,4)5)25-7-6-12(8-25)29-11(2)27/h12H,6-9H2,1-5H3/t12-/m0/s1. The van der Waals surface area contributed by atoms with E-state index in [0.29, 0.717) is 29.1 Å². The maximum absolute atomic E-state index is 11.5. The van der Waals surface area contributed by atoms with E-state index < -0.39 is 0 Å². The van der Waals surface area contributed by atoms with Gasteiger partial charge in [0.25, 0.3) is 0 Å². The van der Waals surface area contributed by atoms with Crippen LogP contribution >= 0.6 is 11.8 Å². The van der Waals surface area contributed by atoms with E-state index in [1.807, 2.05) is 6.92 Å². The number of aromatic nitrogens is 7. The molecule has 4 heterocycles. The molecule has 0 aromatic carbocycles. The van der Waals surface area contributed by atoms with Crippen LogP contribution in [0.3, 0.4) is 0 Å². The first kappa shape index (κ1) is 19.7. The van der Waals surface area contributed by atoms with Crippen molar-refractivity contribution in [3.63, 3.8) is 0 Å². The molecule has 29 heavy (non-hydrogen) atoms. The summed E-state index contributed by atoms with van der Waals surface area (Å²) in [6, 6.07) is 0. The molecule has 1 saturated heterocycles. The molecular weight excluding hydrogens is 392 g/mol. The van der Waals surface area contributed by atoms with E-state index >= 15 is 0 Å². The van der Waals surface area contributed by atoms with Gasteiger partial charge < -0.3 is 4.90 Å². The highest BCUT2D eigenvalue weighted by Gasteiger charge is 2.30. The first-order valence-electron chi connectivity index (χ1n) is 9.54. The summed E-state index contributed by atoms with van der Waals surface area (Å²) >= 11 is 1.39. The van der Waals surface area contributed by atoms with Crippen molar-refractivity contribution in [2.45, 2.75) is 58.2 Å². The van der Waals surface area contributed by atoms with E-state index in [0.717, 1.165) is 31.2 Å². The Morgan fingerprint density at radius 2 is 2.07 bits per heavy atom. The molecule has 0 unspecified atom stereocenters. The number of hydrogen-bond acceptors (Lipinski definition) is 10. The van der Waals surface area contributed by atoms with Crippen LogP contribution in [0.25, 0.3) is 11.2 Å². The quantitative estimate of drug-likeness (QED) is 0.626. The first-order chi connectivity index (χ1) is 13.7. The van der Waals surface area contributed by atoms with E-state index in [9.17, 15) is 4.79 Å². The zero-order chi connectivity index (χ0) is 20.8. The molecule has 0 aliphatic carbocycles. The van der Waals surface area contributed by atoms with E-state index in [-0.39, 0.29) is 15.8 Å². The Labute approximate surface area is 172 Å². The van der Waals surface area contributed by atoms with Crippen molar-refractivity contribution in [2.24, 2.45) is 0 Å². The molecule has 1 atom stereocenters. The molecule has 11 heteroatoms. The fourth-order valence-corrected chi connectivity index (χ4v) is 4.24. The second kappa shape index (κ2) is 7.36. The van der Waals surface area contributed by atoms with Crippen molar-refractivity contribution in [2.75, 3.05) is 18.0 Å². The third kappa shape index (κ3) is 3.96. The van der Waals surface area contributed by atoms with Crippen LogP contribution < -0.4 is 4.90 Å². The number of carbonyl (C=O) groups is 1. The number of carbonyl (C=O) groups excluding carboxylic acids is 1. The number of rotatable bonds is 4. The summed E-state index contributed by atoms with van der Waals surface area (Å²) in [7, 11) is 0. The second-order valence-electron chi connectivity index (χ2n) is 8.30. The fraction of sp³-hybridized carbons (Fsp3) is 0.611. The Balaban J connectivity index is 1.76. The average Bonchev–Trinajstić information content (AvgIpc) is 3.35. The van der Waals surface area contributed by atoms with Gasteiger partial charge in [0.2, 0.25) is 0 Å². The molecule has 0 bridgehead atoms. The third-order valence-corrected chi connectivity index (χ3v) is 5.89. The van der Waals surface area contributed by atoms with Crippen LogP contribution in [0.5, 0.6) is 0 Å². The van der Waals surface area contributed by atoms with Gasteiger partial charge >= 0.3 is 0 Å². The lowest BCUT2D eigenvalue weighted by Gasteiger charge is -2.22. The van der Waals surface area contributed by atoms with Gasteiger partial charge in [-0.1, -0.05) is 48.1 Å². The molecule has 0 radical (unpaired) electrons. The van der Waals surface area contributed by atoms with Crippen molar-refractivity contribution in [1.29, 1.82) is 0 Å². The van der Waals surface area contributed by atoms with Gasteiger partial charge in [0.1, 0.15) is 17.2 Å². The van der Waals surface area contributed by atoms with Gasteiger partial charge in [-0.15, -0.1) is 5.10 Å². The summed E-state index contributed by atoms with van der Waals surface area (Å²) < 4.78 is 6.51. The number of anilines is 1. The van der Waals surface area contributed by atoms with Crippen molar-refractivity contribution < 1.29 is 9.42 Å². The predicted molar refractivity (Wildman–Crippen MR) is 109 cm³/mol. The Kier molecular flexibility index (Phi) is 5.01. The van der Waals surface area contributed by atoms with E-state index in [2.05, 4.69) is 46.3 Å². The highest BCUT2D eigenvalue weighted by atomic mass is 32.2. The topological polar surface area (TPSA) is 116 Å². The molecule has 0 saturated carbocycles. The number of hydrogen-bond donors (Lipinski definition) is 0. The molecule has 0 spiro atoms. The molecular formula is C18H24N8O2S. The largest absolute Gasteiger partial charge is 0.353 e. The summed E-state index contributed by atoms with van der Waals surface area (Å²) in [5, 5.41) is 16.8. The van der Waals surface area contributed by atoms with E-state index in [1.165, 1.54) is 11.8 Å². The van der Waals surface area contributed by atoms with Crippen LogP contribution in [0.2, 0.25) is 0 Å². The van der Waals surface area contributed by atoms with E-state index in [1.54, 1.807) is 11.6 Å². The average molecular weight is 417 g/mol. The number of nitrogens with zero attached hydrogens (tertiary/aromatic N) is 8. The summed E-state index contributed by atoms with van der Waals surface area (Å²) in [6.07, 6.45) is 0.929. The Bertz CT molecular complexity index is 1050. The third-order valence-electron chi connectivity index (χ3n) is 4.84. The van der Waals surface area contributed by atoms with Crippen LogP contribution in [0.4, 0.5) is 5.82 Å². The minimum atomic E-state index is -0.239. The normalized spacial score (nSPS) is 17.4. The SMILES string of the molecule is CC(=O)S[C@H]1CCN(c2nc(C(C)(C)C)nc3c2nnn3Cc2nonc2C)C1. The highest BCUT2D eigenvalue weighted by Crippen LogP contribution is 2.32. The fourth-order valence-electron chi connectivity index (χ4n) is 3.29. The first-order valence-corrected chi connectivity index (χ1v) is 10.4. The van der Waals surface area contributed by atoms with Gasteiger partial charge in [-0.3, -0.25) is 4.79 Å². The lowest BCUT2D eigenvalue weighted by Crippen LogP contribution is -2.25. The van der Waals surface area contributed by atoms with Crippen molar-refractivity contribution in [3.8, 4) is 0 Å². The molecule has 1 aliphatic heterocycles. The number of aryl methyl sites for hydroxylation is 1. The Morgan fingerprint density at radius 3 is 2.72 bits per heavy atom. The molecule has 3 aromatic rings. The van der Waals surface area contributed by atoms with Crippen LogP contribution in [0, 0.1) is 6.92 Å². The Morgan fingerprint density at radius 1 is 1.28 bits per heavy atom. The highest BCUT2D eigenvalue weighted by molar-refractivity contribution is 8.14. The minimum Gasteiger partial charge on any atom is -0.353 e. The zero-order valence-corrected chi connectivity index (χ0v) is 18.0. The van der Waals surface area contributed by atoms with Gasteiger partial charge in [0.05, 0.1) is 6.54 Å². The molecule has 0 N–H and O–H groups in total. The lowest BCUT2D eigenvalue weighted by atomic mass is 9.96.